The van der Waals surface area contributed by atoms with Gasteiger partial charge in [-0.05, 0) is 28.1 Å². The molecule has 0 bridgehead atoms. The van der Waals surface area contributed by atoms with E-state index in [0.717, 1.165) is 43.4 Å². The van der Waals surface area contributed by atoms with Gasteiger partial charge in [0, 0.05) is 16.3 Å². The summed E-state index contributed by atoms with van der Waals surface area (Å²) in [6.07, 6.45) is 1.99. The highest BCUT2D eigenvalue weighted by molar-refractivity contribution is 9.10. The van der Waals surface area contributed by atoms with Gasteiger partial charge in [0.1, 0.15) is 21.5 Å². The van der Waals surface area contributed by atoms with Crippen LogP contribution >= 0.6 is 15.9 Å². The molecule has 23 heavy (non-hydrogen) atoms. The number of benzene rings is 2. The van der Waals surface area contributed by atoms with E-state index in [4.69, 9.17) is 9.40 Å². The quantitative estimate of drug-likeness (QED) is 0.385. The number of nitrogens with zero attached hydrogens (tertiary/aromatic N) is 2. The van der Waals surface area contributed by atoms with Crippen molar-refractivity contribution in [3.8, 4) is 11.3 Å². The number of halogens is 1. The monoisotopic (exact) mass is 362 g/mol. The lowest BCUT2D eigenvalue weighted by Gasteiger charge is -1.97. The van der Waals surface area contributed by atoms with E-state index in [-0.39, 0.29) is 0 Å². The molecule has 5 aromatic rings. The molecule has 0 amide bonds. The van der Waals surface area contributed by atoms with Crippen LogP contribution in [0.3, 0.4) is 0 Å². The zero-order valence-corrected chi connectivity index (χ0v) is 13.6. The first-order chi connectivity index (χ1) is 11.3. The fourth-order valence-electron chi connectivity index (χ4n) is 3.01. The third-order valence-electron chi connectivity index (χ3n) is 4.11. The molecule has 2 aromatic carbocycles. The van der Waals surface area contributed by atoms with Crippen molar-refractivity contribution in [2.45, 2.75) is 0 Å². The van der Waals surface area contributed by atoms with Crippen LogP contribution < -0.4 is 0 Å². The van der Waals surface area contributed by atoms with Gasteiger partial charge in [0.25, 0.3) is 0 Å². The molecule has 3 nitrogen and oxygen atoms in total. The predicted molar refractivity (Wildman–Crippen MR) is 95.6 cm³/mol. The van der Waals surface area contributed by atoms with Crippen molar-refractivity contribution in [2.75, 3.05) is 0 Å². The zero-order chi connectivity index (χ0) is 15.4. The fraction of sp³-hybridized carbons (Fsp3) is 0. The Morgan fingerprint density at radius 2 is 1.65 bits per heavy atom. The third-order valence-corrected chi connectivity index (χ3v) is 4.87. The summed E-state index contributed by atoms with van der Waals surface area (Å²) in [6.45, 7) is 0. The number of para-hydroxylation sites is 1. The topological polar surface area (TPSA) is 30.4 Å². The minimum absolute atomic E-state index is 0.858. The molecule has 0 N–H and O–H groups in total. The van der Waals surface area contributed by atoms with Gasteiger partial charge >= 0.3 is 0 Å². The number of fused-ring (bicyclic) bond motifs is 4. The fourth-order valence-corrected chi connectivity index (χ4v) is 3.61. The summed E-state index contributed by atoms with van der Waals surface area (Å²) in [5, 5.41) is 2.20. The van der Waals surface area contributed by atoms with E-state index < -0.39 is 0 Å². The minimum Gasteiger partial charge on any atom is -0.455 e. The van der Waals surface area contributed by atoms with Gasteiger partial charge in [0.15, 0.2) is 5.58 Å². The summed E-state index contributed by atoms with van der Waals surface area (Å²) in [5.41, 5.74) is 4.67. The molecule has 3 aromatic heterocycles. The van der Waals surface area contributed by atoms with Crippen LogP contribution in [0, 0.1) is 0 Å². The molecule has 4 heteroatoms. The van der Waals surface area contributed by atoms with Crippen molar-refractivity contribution >= 4 is 43.5 Å². The molecule has 3 heterocycles. The lowest BCUT2D eigenvalue weighted by atomic mass is 10.2. The number of furan rings is 1. The molecule has 0 aliphatic carbocycles. The smallest absolute Gasteiger partial charge is 0.152 e. The summed E-state index contributed by atoms with van der Waals surface area (Å²) < 4.78 is 8.91. The van der Waals surface area contributed by atoms with E-state index in [9.17, 15) is 0 Å². The Balaban J connectivity index is 1.86. The Kier molecular flexibility index (Phi) is 2.64. The Morgan fingerprint density at radius 3 is 2.52 bits per heavy atom. The van der Waals surface area contributed by atoms with Crippen LogP contribution in [0.25, 0.3) is 38.8 Å². The highest BCUT2D eigenvalue weighted by Crippen LogP contribution is 2.33. The average Bonchev–Trinajstić information content (AvgIpc) is 3.12. The number of aromatic nitrogens is 2. The molecule has 0 saturated heterocycles. The molecule has 0 unspecified atom stereocenters. The van der Waals surface area contributed by atoms with E-state index in [1.54, 1.807) is 0 Å². The second-order valence-electron chi connectivity index (χ2n) is 5.50. The highest BCUT2D eigenvalue weighted by Gasteiger charge is 2.14. The second kappa shape index (κ2) is 4.70. The molecule has 0 saturated carbocycles. The van der Waals surface area contributed by atoms with Crippen LogP contribution in [0.5, 0.6) is 0 Å². The van der Waals surface area contributed by atoms with E-state index in [1.807, 2.05) is 47.0 Å². The Morgan fingerprint density at radius 1 is 0.870 bits per heavy atom. The van der Waals surface area contributed by atoms with Crippen LogP contribution in [0.2, 0.25) is 0 Å². The lowest BCUT2D eigenvalue weighted by molar-refractivity contribution is 0.666. The van der Waals surface area contributed by atoms with Gasteiger partial charge < -0.3 is 4.42 Å². The van der Waals surface area contributed by atoms with Gasteiger partial charge in [-0.2, -0.15) is 0 Å². The van der Waals surface area contributed by atoms with Crippen molar-refractivity contribution in [1.29, 1.82) is 0 Å². The van der Waals surface area contributed by atoms with Crippen molar-refractivity contribution in [1.82, 2.24) is 9.38 Å². The Labute approximate surface area is 140 Å². The van der Waals surface area contributed by atoms with E-state index in [0.29, 0.717) is 0 Å². The number of hydrogen-bond donors (Lipinski definition) is 0. The second-order valence-corrected chi connectivity index (χ2v) is 6.25. The van der Waals surface area contributed by atoms with Crippen LogP contribution in [0.4, 0.5) is 0 Å². The molecule has 0 radical (unpaired) electrons. The molecule has 5 rings (SSSR count). The summed E-state index contributed by atoms with van der Waals surface area (Å²) in [4.78, 5) is 4.79. The van der Waals surface area contributed by atoms with Gasteiger partial charge in [-0.3, -0.25) is 4.40 Å². The van der Waals surface area contributed by atoms with Gasteiger partial charge in [0.2, 0.25) is 0 Å². The number of hydrogen-bond acceptors (Lipinski definition) is 2. The standard InChI is InChI=1S/C19H11BrN2O/c20-19-18(12-6-2-1-3-7-12)21-17-10-14-13-8-4-5-9-15(13)23-16(14)11-22(17)19/h1-11H. The number of pyridine rings is 1. The lowest BCUT2D eigenvalue weighted by Crippen LogP contribution is -1.83. The van der Waals surface area contributed by atoms with Crippen molar-refractivity contribution in [3.05, 3.63) is 71.5 Å². The largest absolute Gasteiger partial charge is 0.455 e. The molecule has 0 spiro atoms. The molecular formula is C19H11BrN2O. The van der Waals surface area contributed by atoms with Crippen LogP contribution in [0.1, 0.15) is 0 Å². The number of imidazole rings is 1. The van der Waals surface area contributed by atoms with Crippen molar-refractivity contribution in [2.24, 2.45) is 0 Å². The van der Waals surface area contributed by atoms with Crippen LogP contribution in [-0.2, 0) is 0 Å². The maximum absolute atomic E-state index is 5.96. The molecule has 0 atom stereocenters. The first kappa shape index (κ1) is 12.9. The van der Waals surface area contributed by atoms with Crippen LogP contribution in [-0.4, -0.2) is 9.38 Å². The normalized spacial score (nSPS) is 11.7. The molecule has 110 valence electrons. The number of rotatable bonds is 1. The van der Waals surface area contributed by atoms with Gasteiger partial charge in [-0.15, -0.1) is 0 Å². The van der Waals surface area contributed by atoms with Gasteiger partial charge in [-0.1, -0.05) is 48.5 Å². The summed E-state index contributed by atoms with van der Waals surface area (Å²) >= 11 is 3.68. The minimum atomic E-state index is 0.858. The van der Waals surface area contributed by atoms with E-state index in [2.05, 4.69) is 40.2 Å². The van der Waals surface area contributed by atoms with Gasteiger partial charge in [-0.25, -0.2) is 4.98 Å². The molecular weight excluding hydrogens is 352 g/mol. The SMILES string of the molecule is Brc1c(-c2ccccc2)nc2cc3c(cn12)oc1ccccc13. The molecule has 0 aliphatic heterocycles. The maximum atomic E-state index is 5.96. The van der Waals surface area contributed by atoms with E-state index >= 15 is 0 Å². The van der Waals surface area contributed by atoms with Gasteiger partial charge in [0.05, 0.1) is 6.20 Å². The third kappa shape index (κ3) is 1.85. The van der Waals surface area contributed by atoms with Crippen molar-refractivity contribution < 1.29 is 4.42 Å². The summed E-state index contributed by atoms with van der Waals surface area (Å²) in [6, 6.07) is 20.3. The molecule has 0 fully saturated rings. The molecule has 0 aliphatic rings. The summed E-state index contributed by atoms with van der Waals surface area (Å²) in [5.74, 6) is 0. The zero-order valence-electron chi connectivity index (χ0n) is 12.0. The maximum Gasteiger partial charge on any atom is 0.152 e. The highest BCUT2D eigenvalue weighted by atomic mass is 79.9. The summed E-state index contributed by atoms with van der Waals surface area (Å²) in [7, 11) is 0. The van der Waals surface area contributed by atoms with E-state index in [1.165, 1.54) is 0 Å². The first-order valence-corrected chi connectivity index (χ1v) is 8.15. The first-order valence-electron chi connectivity index (χ1n) is 7.35. The van der Waals surface area contributed by atoms with Crippen LogP contribution in [0.15, 0.2) is 75.9 Å². The Bertz CT molecular complexity index is 1170. The predicted octanol–water partition coefficient (Wildman–Crippen LogP) is 5.66. The Hall–Kier alpha value is -2.59. The van der Waals surface area contributed by atoms with Crippen molar-refractivity contribution in [3.63, 3.8) is 0 Å². The average molecular weight is 363 g/mol.